The first-order valence-corrected chi connectivity index (χ1v) is 14.6. The monoisotopic (exact) mass is 602 g/mol. The van der Waals surface area contributed by atoms with Crippen LogP contribution in [0.25, 0.3) is 21.9 Å². The minimum atomic E-state index is -4.09. The van der Waals surface area contributed by atoms with Crippen LogP contribution in [-0.2, 0) is 14.8 Å². The molecule has 2 heterocycles. The molecule has 1 aliphatic heterocycles. The van der Waals surface area contributed by atoms with E-state index in [1.165, 1.54) is 23.9 Å². The molecule has 37 heavy (non-hydrogen) atoms. The molecule has 5 rings (SSSR count). The summed E-state index contributed by atoms with van der Waals surface area (Å²) in [4.78, 5) is 24.7. The number of fused-ring (bicyclic) bond motifs is 3. The quantitative estimate of drug-likeness (QED) is 0.306. The zero-order valence-electron chi connectivity index (χ0n) is 19.9. The third kappa shape index (κ3) is 4.65. The van der Waals surface area contributed by atoms with Crippen LogP contribution in [-0.4, -0.2) is 52.8 Å². The van der Waals surface area contributed by atoms with Crippen molar-refractivity contribution in [3.05, 3.63) is 70.7 Å². The number of sulfonamides is 1. The van der Waals surface area contributed by atoms with Gasteiger partial charge in [0.2, 0.25) is 10.0 Å². The highest BCUT2D eigenvalue weighted by molar-refractivity contribution is 9.10. The number of carbonyl (C=O) groups excluding carboxylic acids is 1. The predicted molar refractivity (Wildman–Crippen MR) is 148 cm³/mol. The normalized spacial score (nSPS) is 18.2. The van der Waals surface area contributed by atoms with Crippen molar-refractivity contribution in [2.45, 2.75) is 29.5 Å². The van der Waals surface area contributed by atoms with Crippen molar-refractivity contribution in [1.29, 1.82) is 0 Å². The molecule has 1 atom stereocenters. The number of rotatable bonds is 5. The summed E-state index contributed by atoms with van der Waals surface area (Å²) in [5.41, 5.74) is 1.97. The second-order valence-corrected chi connectivity index (χ2v) is 13.7. The number of benzene rings is 3. The molecule has 1 fully saturated rings. The molecule has 1 unspecified atom stereocenters. The van der Waals surface area contributed by atoms with Gasteiger partial charge in [-0.25, -0.2) is 8.42 Å². The first-order valence-electron chi connectivity index (χ1n) is 11.4. The highest BCUT2D eigenvalue weighted by Gasteiger charge is 2.48. The van der Waals surface area contributed by atoms with E-state index in [0.717, 1.165) is 4.31 Å². The van der Waals surface area contributed by atoms with E-state index < -0.39 is 26.8 Å². The maximum Gasteiger partial charge on any atom is 0.323 e. The average Bonchev–Trinajstić information content (AvgIpc) is 3.20. The molecule has 0 bridgehead atoms. The van der Waals surface area contributed by atoms with Gasteiger partial charge in [-0.15, -0.1) is 0 Å². The van der Waals surface area contributed by atoms with Gasteiger partial charge in [-0.2, -0.15) is 16.1 Å². The first kappa shape index (κ1) is 25.8. The molecule has 8 nitrogen and oxygen atoms in total. The summed E-state index contributed by atoms with van der Waals surface area (Å²) < 4.78 is 34.1. The molecule has 1 aliphatic rings. The zero-order chi connectivity index (χ0) is 26.5. The first-order chi connectivity index (χ1) is 17.5. The molecule has 192 valence electrons. The summed E-state index contributed by atoms with van der Waals surface area (Å²) in [5.74, 6) is -0.958. The lowest BCUT2D eigenvalue weighted by Crippen LogP contribution is -2.58. The fraction of sp³-hybridized carbons (Fsp3) is 0.231. The van der Waals surface area contributed by atoms with Crippen LogP contribution in [0.4, 0.5) is 5.69 Å². The van der Waals surface area contributed by atoms with Crippen LogP contribution in [0.15, 0.2) is 74.4 Å². The van der Waals surface area contributed by atoms with Gasteiger partial charge in [-0.05, 0) is 72.2 Å². The summed E-state index contributed by atoms with van der Waals surface area (Å²) in [5, 5.41) is 13.9. The molecule has 11 heteroatoms. The van der Waals surface area contributed by atoms with Crippen molar-refractivity contribution < 1.29 is 27.5 Å². The van der Waals surface area contributed by atoms with Gasteiger partial charge in [0, 0.05) is 44.0 Å². The molecule has 0 aliphatic carbocycles. The Labute approximate surface area is 226 Å². The molecule has 1 amide bonds. The van der Waals surface area contributed by atoms with E-state index >= 15 is 0 Å². The van der Waals surface area contributed by atoms with Crippen LogP contribution in [0, 0.1) is 0 Å². The lowest BCUT2D eigenvalue weighted by molar-refractivity contribution is -0.142. The molecular weight excluding hydrogens is 580 g/mol. The fourth-order valence-electron chi connectivity index (χ4n) is 4.61. The number of thioether (sulfide) groups is 1. The molecular formula is C26H23BrN2O6S2. The van der Waals surface area contributed by atoms with E-state index in [0.29, 0.717) is 43.4 Å². The number of carbonyl (C=O) groups is 2. The van der Waals surface area contributed by atoms with Gasteiger partial charge in [0.05, 0.1) is 10.5 Å². The van der Waals surface area contributed by atoms with Crippen molar-refractivity contribution in [2.75, 3.05) is 17.6 Å². The molecule has 2 N–H and O–H groups in total. The number of carboxylic acids is 1. The van der Waals surface area contributed by atoms with Gasteiger partial charge >= 0.3 is 5.97 Å². The number of aliphatic carboxylic acids is 1. The van der Waals surface area contributed by atoms with Crippen molar-refractivity contribution in [3.63, 3.8) is 0 Å². The van der Waals surface area contributed by atoms with E-state index in [2.05, 4.69) is 21.2 Å². The molecule has 1 aromatic heterocycles. The number of hydrogen-bond donors (Lipinski definition) is 2. The highest BCUT2D eigenvalue weighted by atomic mass is 79.9. The largest absolute Gasteiger partial charge is 0.480 e. The van der Waals surface area contributed by atoms with E-state index in [4.69, 9.17) is 4.42 Å². The minimum absolute atomic E-state index is 0.00274. The summed E-state index contributed by atoms with van der Waals surface area (Å²) in [6.45, 7) is 3.60. The molecule has 3 aromatic carbocycles. The maximum absolute atomic E-state index is 13.6. The zero-order valence-corrected chi connectivity index (χ0v) is 23.1. The van der Waals surface area contributed by atoms with Crippen LogP contribution in [0.1, 0.15) is 24.2 Å². The number of hydrogen-bond acceptors (Lipinski definition) is 6. The lowest BCUT2D eigenvalue weighted by Gasteiger charge is -2.42. The molecule has 0 saturated carbocycles. The Morgan fingerprint density at radius 2 is 1.84 bits per heavy atom. The van der Waals surface area contributed by atoms with Crippen molar-refractivity contribution in [3.8, 4) is 0 Å². The molecule has 0 spiro atoms. The topological polar surface area (TPSA) is 117 Å². The van der Waals surface area contributed by atoms with Crippen LogP contribution >= 0.6 is 27.7 Å². The van der Waals surface area contributed by atoms with E-state index in [-0.39, 0.29) is 17.3 Å². The maximum atomic E-state index is 13.6. The van der Waals surface area contributed by atoms with E-state index in [1.807, 2.05) is 6.07 Å². The van der Waals surface area contributed by atoms with Crippen molar-refractivity contribution in [2.24, 2.45) is 0 Å². The number of anilines is 1. The van der Waals surface area contributed by atoms with Gasteiger partial charge in [0.15, 0.2) is 0 Å². The van der Waals surface area contributed by atoms with Crippen LogP contribution in [0.5, 0.6) is 0 Å². The number of nitrogens with one attached hydrogen (secondary N) is 1. The smallest absolute Gasteiger partial charge is 0.323 e. The standard InChI is InChI=1S/C26H23BrN2O6S2/c1-26(2)23(25(31)32)29(11-12-36-26)37(33,34)16-8-10-21-19(14-16)17-9-7-15(13-22(17)35-21)28-24(30)18-5-3-4-6-20(18)27/h3-10,13-14,23H,11-12H2,1-2H3,(H,28,30)(H,31,32). The Bertz CT molecular complexity index is 1660. The number of furan rings is 1. The second kappa shape index (κ2) is 9.46. The summed E-state index contributed by atoms with van der Waals surface area (Å²) in [6, 6.07) is 15.6. The number of amides is 1. The highest BCUT2D eigenvalue weighted by Crippen LogP contribution is 2.39. The van der Waals surface area contributed by atoms with Crippen molar-refractivity contribution >= 4 is 77.2 Å². The molecule has 0 radical (unpaired) electrons. The average molecular weight is 604 g/mol. The second-order valence-electron chi connectivity index (χ2n) is 9.21. The van der Waals surface area contributed by atoms with Gasteiger partial charge in [0.1, 0.15) is 17.2 Å². The van der Waals surface area contributed by atoms with Gasteiger partial charge in [-0.1, -0.05) is 12.1 Å². The fourth-order valence-corrected chi connectivity index (χ4v) is 8.19. The summed E-state index contributed by atoms with van der Waals surface area (Å²) in [7, 11) is -4.09. The lowest BCUT2D eigenvalue weighted by atomic mass is 10.0. The Morgan fingerprint density at radius 3 is 2.57 bits per heavy atom. The number of nitrogens with zero attached hydrogens (tertiary/aromatic N) is 1. The molecule has 1 saturated heterocycles. The Hall–Kier alpha value is -2.86. The number of halogens is 1. The Morgan fingerprint density at radius 1 is 1.08 bits per heavy atom. The minimum Gasteiger partial charge on any atom is -0.480 e. The third-order valence-electron chi connectivity index (χ3n) is 6.39. The Balaban J connectivity index is 1.50. The van der Waals surface area contributed by atoms with Gasteiger partial charge in [0.25, 0.3) is 5.91 Å². The van der Waals surface area contributed by atoms with E-state index in [9.17, 15) is 23.1 Å². The SMILES string of the molecule is CC1(C)SCCN(S(=O)(=O)c2ccc3oc4cc(NC(=O)c5ccccc5Br)ccc4c3c2)C1C(=O)O. The Kier molecular flexibility index (Phi) is 6.59. The third-order valence-corrected chi connectivity index (χ3v) is 10.3. The molecule has 4 aromatic rings. The predicted octanol–water partition coefficient (Wildman–Crippen LogP) is 5.57. The summed E-state index contributed by atoms with van der Waals surface area (Å²) >= 11 is 4.82. The van der Waals surface area contributed by atoms with Crippen molar-refractivity contribution in [1.82, 2.24) is 4.31 Å². The van der Waals surface area contributed by atoms with Gasteiger partial charge in [-0.3, -0.25) is 9.59 Å². The van der Waals surface area contributed by atoms with E-state index in [1.54, 1.807) is 56.3 Å². The van der Waals surface area contributed by atoms with Gasteiger partial charge < -0.3 is 14.8 Å². The van der Waals surface area contributed by atoms with Crippen LogP contribution in [0.3, 0.4) is 0 Å². The number of carboxylic acid groups (broad SMARTS) is 1. The van der Waals surface area contributed by atoms with Crippen LogP contribution < -0.4 is 5.32 Å². The van der Waals surface area contributed by atoms with Crippen LogP contribution in [0.2, 0.25) is 0 Å². The summed E-state index contributed by atoms with van der Waals surface area (Å²) in [6.07, 6.45) is 0.